The minimum atomic E-state index is 0.403. The molecule has 2 nitrogen and oxygen atoms in total. The highest BCUT2D eigenvalue weighted by Crippen LogP contribution is 2.21. The van der Waals surface area contributed by atoms with Crippen LogP contribution in [0.25, 0.3) is 0 Å². The second-order valence-corrected chi connectivity index (χ2v) is 5.30. The van der Waals surface area contributed by atoms with Gasteiger partial charge in [0.2, 0.25) is 0 Å². The van der Waals surface area contributed by atoms with Crippen molar-refractivity contribution >= 4 is 11.6 Å². The lowest BCUT2D eigenvalue weighted by molar-refractivity contribution is 0.180. The fourth-order valence-corrected chi connectivity index (χ4v) is 2.19. The minimum absolute atomic E-state index is 0.403. The number of hydrogen-bond donors (Lipinski definition) is 0. The summed E-state index contributed by atoms with van der Waals surface area (Å²) in [6.45, 7) is 7.05. The number of likely N-dealkylation sites (tertiary alicyclic amines) is 1. The smallest absolute Gasteiger partial charge is 0.0386 e. The normalized spacial score (nSPS) is 29.8. The summed E-state index contributed by atoms with van der Waals surface area (Å²) in [5.74, 6) is 0.657. The Bertz CT molecular complexity index is 161. The van der Waals surface area contributed by atoms with E-state index in [2.05, 4.69) is 30.8 Å². The minimum Gasteiger partial charge on any atom is -0.309 e. The standard InChI is InChI=1S/C11H23ClN2/c1-10-9-14(8-5-11(10)12)7-4-6-13(2)3/h10-11H,4-9H2,1-3H3. The fourth-order valence-electron chi connectivity index (χ4n) is 2.02. The van der Waals surface area contributed by atoms with Crippen molar-refractivity contribution in [3.63, 3.8) is 0 Å². The molecule has 0 aromatic carbocycles. The Morgan fingerprint density at radius 1 is 1.43 bits per heavy atom. The van der Waals surface area contributed by atoms with Crippen LogP contribution in [-0.2, 0) is 0 Å². The average molecular weight is 219 g/mol. The largest absolute Gasteiger partial charge is 0.309 e. The van der Waals surface area contributed by atoms with Gasteiger partial charge in [-0.3, -0.25) is 0 Å². The van der Waals surface area contributed by atoms with E-state index in [4.69, 9.17) is 11.6 Å². The second kappa shape index (κ2) is 5.94. The molecule has 1 fully saturated rings. The van der Waals surface area contributed by atoms with Crippen LogP contribution in [0, 0.1) is 5.92 Å². The van der Waals surface area contributed by atoms with E-state index in [0.29, 0.717) is 11.3 Å². The van der Waals surface area contributed by atoms with Crippen molar-refractivity contribution in [3.8, 4) is 0 Å². The molecule has 2 atom stereocenters. The molecular formula is C11H23ClN2. The van der Waals surface area contributed by atoms with Gasteiger partial charge >= 0.3 is 0 Å². The molecule has 2 unspecified atom stereocenters. The highest BCUT2D eigenvalue weighted by atomic mass is 35.5. The summed E-state index contributed by atoms with van der Waals surface area (Å²) in [5.41, 5.74) is 0. The van der Waals surface area contributed by atoms with Gasteiger partial charge < -0.3 is 9.80 Å². The highest BCUT2D eigenvalue weighted by Gasteiger charge is 2.23. The van der Waals surface area contributed by atoms with Gasteiger partial charge in [-0.25, -0.2) is 0 Å². The molecule has 0 aromatic heterocycles. The van der Waals surface area contributed by atoms with Crippen molar-refractivity contribution in [1.29, 1.82) is 0 Å². The van der Waals surface area contributed by atoms with Crippen LogP contribution in [-0.4, -0.2) is 55.5 Å². The Hall–Kier alpha value is 0.210. The molecule has 3 heteroatoms. The topological polar surface area (TPSA) is 6.48 Å². The number of halogens is 1. The van der Waals surface area contributed by atoms with Gasteiger partial charge in [0, 0.05) is 11.9 Å². The fraction of sp³-hybridized carbons (Fsp3) is 1.00. The van der Waals surface area contributed by atoms with Crippen molar-refractivity contribution < 1.29 is 0 Å². The summed E-state index contributed by atoms with van der Waals surface area (Å²) in [7, 11) is 4.27. The number of alkyl halides is 1. The number of rotatable bonds is 4. The summed E-state index contributed by atoms with van der Waals surface area (Å²) in [6.07, 6.45) is 2.43. The molecule has 0 aliphatic carbocycles. The predicted octanol–water partition coefficient (Wildman–Crippen LogP) is 1.89. The van der Waals surface area contributed by atoms with Gasteiger partial charge in [0.15, 0.2) is 0 Å². The Labute approximate surface area is 93.2 Å². The van der Waals surface area contributed by atoms with Crippen LogP contribution in [0.4, 0.5) is 0 Å². The van der Waals surface area contributed by atoms with E-state index in [1.54, 1.807) is 0 Å². The second-order valence-electron chi connectivity index (χ2n) is 4.74. The molecule has 84 valence electrons. The van der Waals surface area contributed by atoms with E-state index in [1.807, 2.05) is 0 Å². The van der Waals surface area contributed by atoms with Crippen LogP contribution < -0.4 is 0 Å². The van der Waals surface area contributed by atoms with Crippen molar-refractivity contribution in [1.82, 2.24) is 9.80 Å². The third kappa shape index (κ3) is 4.16. The quantitative estimate of drug-likeness (QED) is 0.665. The molecule has 0 N–H and O–H groups in total. The van der Waals surface area contributed by atoms with E-state index in [0.717, 1.165) is 6.42 Å². The maximum Gasteiger partial charge on any atom is 0.0386 e. The number of hydrogen-bond acceptors (Lipinski definition) is 2. The average Bonchev–Trinajstić information content (AvgIpc) is 2.10. The molecule has 0 radical (unpaired) electrons. The van der Waals surface area contributed by atoms with Gasteiger partial charge in [-0.2, -0.15) is 0 Å². The molecular weight excluding hydrogens is 196 g/mol. The van der Waals surface area contributed by atoms with Crippen LogP contribution >= 0.6 is 11.6 Å². The summed E-state index contributed by atoms with van der Waals surface area (Å²) < 4.78 is 0. The van der Waals surface area contributed by atoms with E-state index in [1.165, 1.54) is 32.6 Å². The first-order valence-electron chi connectivity index (χ1n) is 5.60. The van der Waals surface area contributed by atoms with Gasteiger partial charge in [0.1, 0.15) is 0 Å². The van der Waals surface area contributed by atoms with Gasteiger partial charge in [-0.15, -0.1) is 11.6 Å². The summed E-state index contributed by atoms with van der Waals surface area (Å²) in [4.78, 5) is 4.80. The van der Waals surface area contributed by atoms with Crippen LogP contribution in [0.3, 0.4) is 0 Å². The third-order valence-corrected chi connectivity index (χ3v) is 3.61. The van der Waals surface area contributed by atoms with Gasteiger partial charge in [0.05, 0.1) is 0 Å². The SMILES string of the molecule is CC1CN(CCCN(C)C)CCC1Cl. The molecule has 1 aliphatic rings. The van der Waals surface area contributed by atoms with Crippen LogP contribution in [0.15, 0.2) is 0 Å². The molecule has 14 heavy (non-hydrogen) atoms. The van der Waals surface area contributed by atoms with Gasteiger partial charge in [-0.1, -0.05) is 6.92 Å². The van der Waals surface area contributed by atoms with E-state index >= 15 is 0 Å². The van der Waals surface area contributed by atoms with E-state index in [-0.39, 0.29) is 0 Å². The first-order chi connectivity index (χ1) is 6.59. The van der Waals surface area contributed by atoms with E-state index in [9.17, 15) is 0 Å². The Balaban J connectivity index is 2.13. The Morgan fingerprint density at radius 2 is 2.14 bits per heavy atom. The molecule has 1 rings (SSSR count). The summed E-state index contributed by atoms with van der Waals surface area (Å²) in [6, 6.07) is 0. The zero-order valence-corrected chi connectivity index (χ0v) is 10.4. The highest BCUT2D eigenvalue weighted by molar-refractivity contribution is 6.20. The molecule has 1 heterocycles. The van der Waals surface area contributed by atoms with Crippen molar-refractivity contribution in [3.05, 3.63) is 0 Å². The first-order valence-corrected chi connectivity index (χ1v) is 6.04. The maximum absolute atomic E-state index is 6.18. The van der Waals surface area contributed by atoms with Crippen molar-refractivity contribution in [2.75, 3.05) is 40.3 Å². The summed E-state index contributed by atoms with van der Waals surface area (Å²) >= 11 is 6.18. The number of nitrogens with zero attached hydrogens (tertiary/aromatic N) is 2. The summed E-state index contributed by atoms with van der Waals surface area (Å²) in [5, 5.41) is 0.403. The molecule has 0 aromatic rings. The van der Waals surface area contributed by atoms with Crippen molar-refractivity contribution in [2.24, 2.45) is 5.92 Å². The monoisotopic (exact) mass is 218 g/mol. The first kappa shape index (κ1) is 12.3. The van der Waals surface area contributed by atoms with Gasteiger partial charge in [0.25, 0.3) is 0 Å². The third-order valence-electron chi connectivity index (χ3n) is 2.96. The Kier molecular flexibility index (Phi) is 5.21. The van der Waals surface area contributed by atoms with Crippen LogP contribution in [0.5, 0.6) is 0 Å². The molecule has 1 saturated heterocycles. The van der Waals surface area contributed by atoms with Gasteiger partial charge in [-0.05, 0) is 52.5 Å². The van der Waals surface area contributed by atoms with Crippen LogP contribution in [0.2, 0.25) is 0 Å². The Morgan fingerprint density at radius 3 is 2.71 bits per heavy atom. The lowest BCUT2D eigenvalue weighted by Crippen LogP contribution is -2.40. The lowest BCUT2D eigenvalue weighted by atomic mass is 9.99. The molecule has 1 aliphatic heterocycles. The maximum atomic E-state index is 6.18. The van der Waals surface area contributed by atoms with E-state index < -0.39 is 0 Å². The molecule has 0 amide bonds. The molecule has 0 spiro atoms. The predicted molar refractivity (Wildman–Crippen MR) is 63.0 cm³/mol. The van der Waals surface area contributed by atoms with Crippen molar-refractivity contribution in [2.45, 2.75) is 25.1 Å². The number of piperidine rings is 1. The lowest BCUT2D eigenvalue weighted by Gasteiger charge is -2.34. The zero-order valence-electron chi connectivity index (χ0n) is 9.67. The molecule has 0 bridgehead atoms. The molecule has 0 saturated carbocycles. The van der Waals surface area contributed by atoms with Crippen LogP contribution in [0.1, 0.15) is 19.8 Å². The zero-order chi connectivity index (χ0) is 10.6.